The van der Waals surface area contributed by atoms with E-state index in [1.807, 2.05) is 0 Å². The molecule has 17 heavy (non-hydrogen) atoms. The standard InChI is InChI=1S/C15H22N2/c1-11(2)17-14(10-16(4)5)9-13-8-12(3)6-7-15(13)17/h6-9,11H,10H2,1-5H3. The van der Waals surface area contributed by atoms with E-state index in [2.05, 4.69) is 68.6 Å². The van der Waals surface area contributed by atoms with Gasteiger partial charge in [-0.15, -0.1) is 0 Å². The number of rotatable bonds is 3. The maximum atomic E-state index is 2.44. The predicted octanol–water partition coefficient (Wildman–Crippen LogP) is 3.59. The topological polar surface area (TPSA) is 8.17 Å². The molecule has 92 valence electrons. The highest BCUT2D eigenvalue weighted by atomic mass is 15.1. The van der Waals surface area contributed by atoms with Crippen LogP contribution in [0.1, 0.15) is 31.1 Å². The molecule has 0 bridgehead atoms. The zero-order chi connectivity index (χ0) is 12.6. The Kier molecular flexibility index (Phi) is 3.25. The van der Waals surface area contributed by atoms with Crippen LogP contribution in [-0.2, 0) is 6.54 Å². The molecule has 0 spiro atoms. The number of benzene rings is 1. The van der Waals surface area contributed by atoms with Crippen molar-refractivity contribution in [1.82, 2.24) is 9.47 Å². The molecule has 0 amide bonds. The average molecular weight is 230 g/mol. The van der Waals surface area contributed by atoms with Crippen LogP contribution >= 0.6 is 0 Å². The van der Waals surface area contributed by atoms with Crippen LogP contribution < -0.4 is 0 Å². The summed E-state index contributed by atoms with van der Waals surface area (Å²) in [5, 5.41) is 1.36. The minimum Gasteiger partial charge on any atom is -0.341 e. The summed E-state index contributed by atoms with van der Waals surface area (Å²) >= 11 is 0. The third-order valence-corrected chi connectivity index (χ3v) is 3.07. The number of hydrogen-bond acceptors (Lipinski definition) is 1. The maximum Gasteiger partial charge on any atom is 0.0485 e. The lowest BCUT2D eigenvalue weighted by atomic mass is 10.2. The van der Waals surface area contributed by atoms with Gasteiger partial charge in [0.15, 0.2) is 0 Å². The van der Waals surface area contributed by atoms with E-state index in [9.17, 15) is 0 Å². The average Bonchev–Trinajstić information content (AvgIpc) is 2.53. The van der Waals surface area contributed by atoms with Crippen LogP contribution in [0.2, 0.25) is 0 Å². The van der Waals surface area contributed by atoms with Gasteiger partial charge in [-0.05, 0) is 53.1 Å². The molecule has 1 aromatic heterocycles. The van der Waals surface area contributed by atoms with E-state index in [1.54, 1.807) is 0 Å². The quantitative estimate of drug-likeness (QED) is 0.782. The van der Waals surface area contributed by atoms with Crippen molar-refractivity contribution in [3.05, 3.63) is 35.5 Å². The van der Waals surface area contributed by atoms with Crippen LogP contribution in [-0.4, -0.2) is 23.6 Å². The van der Waals surface area contributed by atoms with Crippen molar-refractivity contribution < 1.29 is 0 Å². The van der Waals surface area contributed by atoms with E-state index in [0.717, 1.165) is 6.54 Å². The Morgan fingerprint density at radius 2 is 1.88 bits per heavy atom. The Balaban J connectivity index is 2.61. The molecule has 2 rings (SSSR count). The summed E-state index contributed by atoms with van der Waals surface area (Å²) < 4.78 is 2.44. The van der Waals surface area contributed by atoms with Crippen molar-refractivity contribution in [2.75, 3.05) is 14.1 Å². The van der Waals surface area contributed by atoms with Gasteiger partial charge in [-0.25, -0.2) is 0 Å². The third-order valence-electron chi connectivity index (χ3n) is 3.07. The minimum absolute atomic E-state index is 0.505. The Bertz CT molecular complexity index is 521. The zero-order valence-electron chi connectivity index (χ0n) is 11.5. The Labute approximate surface area is 104 Å². The Morgan fingerprint density at radius 1 is 1.18 bits per heavy atom. The molecule has 2 nitrogen and oxygen atoms in total. The third kappa shape index (κ3) is 2.37. The van der Waals surface area contributed by atoms with Crippen molar-refractivity contribution >= 4 is 10.9 Å². The lowest BCUT2D eigenvalue weighted by molar-refractivity contribution is 0.384. The Morgan fingerprint density at radius 3 is 2.47 bits per heavy atom. The predicted molar refractivity (Wildman–Crippen MR) is 74.5 cm³/mol. The molecule has 2 aromatic rings. The highest BCUT2D eigenvalue weighted by molar-refractivity contribution is 5.82. The second-order valence-electron chi connectivity index (χ2n) is 5.40. The van der Waals surface area contributed by atoms with Gasteiger partial charge in [0.2, 0.25) is 0 Å². The SMILES string of the molecule is Cc1ccc2c(c1)cc(CN(C)C)n2C(C)C. The van der Waals surface area contributed by atoms with Gasteiger partial charge in [0.1, 0.15) is 0 Å². The largest absolute Gasteiger partial charge is 0.341 e. The van der Waals surface area contributed by atoms with Gasteiger partial charge in [0.25, 0.3) is 0 Å². The lowest BCUT2D eigenvalue weighted by Gasteiger charge is -2.17. The molecule has 0 saturated heterocycles. The fourth-order valence-corrected chi connectivity index (χ4v) is 2.47. The molecular weight excluding hydrogens is 208 g/mol. The first-order valence-corrected chi connectivity index (χ1v) is 6.24. The molecule has 2 heteroatoms. The van der Waals surface area contributed by atoms with Crippen molar-refractivity contribution in [2.24, 2.45) is 0 Å². The zero-order valence-corrected chi connectivity index (χ0v) is 11.5. The first-order valence-electron chi connectivity index (χ1n) is 6.24. The number of aryl methyl sites for hydroxylation is 1. The number of nitrogens with zero attached hydrogens (tertiary/aromatic N) is 2. The summed E-state index contributed by atoms with van der Waals surface area (Å²) in [6.45, 7) is 7.64. The molecule has 0 saturated carbocycles. The minimum atomic E-state index is 0.505. The molecule has 1 heterocycles. The van der Waals surface area contributed by atoms with Gasteiger partial charge < -0.3 is 9.47 Å². The molecule has 0 fully saturated rings. The maximum absolute atomic E-state index is 2.44. The van der Waals surface area contributed by atoms with Crippen LogP contribution in [0.25, 0.3) is 10.9 Å². The van der Waals surface area contributed by atoms with Crippen LogP contribution in [0.5, 0.6) is 0 Å². The summed E-state index contributed by atoms with van der Waals surface area (Å²) in [6, 6.07) is 9.53. The molecule has 0 radical (unpaired) electrons. The van der Waals surface area contributed by atoms with E-state index < -0.39 is 0 Å². The fourth-order valence-electron chi connectivity index (χ4n) is 2.47. The number of aromatic nitrogens is 1. The monoisotopic (exact) mass is 230 g/mol. The van der Waals surface area contributed by atoms with Crippen LogP contribution in [0.4, 0.5) is 0 Å². The molecule has 0 N–H and O–H groups in total. The van der Waals surface area contributed by atoms with Gasteiger partial charge in [-0.1, -0.05) is 11.6 Å². The first kappa shape index (κ1) is 12.2. The molecule has 1 aromatic carbocycles. The van der Waals surface area contributed by atoms with E-state index >= 15 is 0 Å². The Hall–Kier alpha value is -1.28. The summed E-state index contributed by atoms with van der Waals surface area (Å²) in [7, 11) is 4.24. The van der Waals surface area contributed by atoms with E-state index in [0.29, 0.717) is 6.04 Å². The second-order valence-corrected chi connectivity index (χ2v) is 5.40. The highest BCUT2D eigenvalue weighted by Crippen LogP contribution is 2.25. The van der Waals surface area contributed by atoms with Crippen LogP contribution in [0.15, 0.2) is 24.3 Å². The van der Waals surface area contributed by atoms with Crippen molar-refractivity contribution in [3.63, 3.8) is 0 Å². The van der Waals surface area contributed by atoms with Gasteiger partial charge in [-0.2, -0.15) is 0 Å². The summed E-state index contributed by atoms with van der Waals surface area (Å²) in [6.07, 6.45) is 0. The smallest absolute Gasteiger partial charge is 0.0485 e. The number of fused-ring (bicyclic) bond motifs is 1. The molecule has 0 aliphatic heterocycles. The van der Waals surface area contributed by atoms with E-state index in [-0.39, 0.29) is 0 Å². The normalized spacial score (nSPS) is 11.9. The van der Waals surface area contributed by atoms with Crippen LogP contribution in [0, 0.1) is 6.92 Å². The van der Waals surface area contributed by atoms with Crippen LogP contribution in [0.3, 0.4) is 0 Å². The summed E-state index contributed by atoms with van der Waals surface area (Å²) in [5.74, 6) is 0. The highest BCUT2D eigenvalue weighted by Gasteiger charge is 2.11. The molecule has 0 atom stereocenters. The number of hydrogen-bond donors (Lipinski definition) is 0. The van der Waals surface area contributed by atoms with Gasteiger partial charge in [0.05, 0.1) is 0 Å². The molecule has 0 unspecified atom stereocenters. The van der Waals surface area contributed by atoms with Gasteiger partial charge in [0, 0.05) is 29.2 Å². The molecular formula is C15H22N2. The summed E-state index contributed by atoms with van der Waals surface area (Å²) in [4.78, 5) is 2.22. The molecule has 0 aliphatic rings. The second kappa shape index (κ2) is 4.53. The molecule has 0 aliphatic carbocycles. The first-order chi connectivity index (χ1) is 7.99. The van der Waals surface area contributed by atoms with Crippen molar-refractivity contribution in [2.45, 2.75) is 33.4 Å². The van der Waals surface area contributed by atoms with Gasteiger partial charge in [-0.3, -0.25) is 0 Å². The van der Waals surface area contributed by atoms with Gasteiger partial charge >= 0.3 is 0 Å². The van der Waals surface area contributed by atoms with E-state index in [1.165, 1.54) is 22.2 Å². The lowest BCUT2D eigenvalue weighted by Crippen LogP contribution is -2.15. The summed E-state index contributed by atoms with van der Waals surface area (Å²) in [5.41, 5.74) is 4.07. The van der Waals surface area contributed by atoms with Crippen molar-refractivity contribution in [1.29, 1.82) is 0 Å². The van der Waals surface area contributed by atoms with E-state index in [4.69, 9.17) is 0 Å². The fraction of sp³-hybridized carbons (Fsp3) is 0.467. The van der Waals surface area contributed by atoms with Crippen molar-refractivity contribution in [3.8, 4) is 0 Å².